The van der Waals surface area contributed by atoms with Crippen molar-refractivity contribution >= 4 is 27.0 Å². The van der Waals surface area contributed by atoms with E-state index in [1.165, 1.54) is 6.08 Å². The molecule has 0 aromatic heterocycles. The van der Waals surface area contributed by atoms with Gasteiger partial charge in [0.1, 0.15) is 4.90 Å². The number of hydrogen-bond acceptors (Lipinski definition) is 3. The number of hydrogen-bond donors (Lipinski definition) is 0. The zero-order chi connectivity index (χ0) is 13.2. The molecule has 0 radical (unpaired) electrons. The predicted octanol–water partition coefficient (Wildman–Crippen LogP) is 3.21. The summed E-state index contributed by atoms with van der Waals surface area (Å²) in [6.45, 7) is 5.41. The third kappa shape index (κ3) is 2.17. The molecule has 0 saturated heterocycles. The van der Waals surface area contributed by atoms with Crippen molar-refractivity contribution in [2.45, 2.75) is 11.8 Å². The van der Waals surface area contributed by atoms with Crippen LogP contribution in [0.5, 0.6) is 0 Å². The van der Waals surface area contributed by atoms with Crippen LogP contribution in [0, 0.1) is 0 Å². The van der Waals surface area contributed by atoms with Gasteiger partial charge in [0.05, 0.1) is 6.61 Å². The normalized spacial score (nSPS) is 11.6. The van der Waals surface area contributed by atoms with Crippen LogP contribution in [0.3, 0.4) is 0 Å². The topological polar surface area (TPSA) is 43.4 Å². The molecule has 4 heteroatoms. The Morgan fingerprint density at radius 2 is 1.94 bits per heavy atom. The van der Waals surface area contributed by atoms with E-state index < -0.39 is 10.1 Å². The highest BCUT2D eigenvalue weighted by atomic mass is 32.2. The van der Waals surface area contributed by atoms with Crippen LogP contribution in [0.2, 0.25) is 0 Å². The van der Waals surface area contributed by atoms with Crippen LogP contribution in [0.1, 0.15) is 12.5 Å². The maximum Gasteiger partial charge on any atom is 0.298 e. The number of rotatable bonds is 4. The van der Waals surface area contributed by atoms with Crippen molar-refractivity contribution in [2.75, 3.05) is 6.61 Å². The lowest BCUT2D eigenvalue weighted by Crippen LogP contribution is -2.08. The van der Waals surface area contributed by atoms with Gasteiger partial charge in [-0.05, 0) is 17.9 Å². The fourth-order valence-corrected chi connectivity index (χ4v) is 3.24. The molecule has 18 heavy (non-hydrogen) atoms. The maximum absolute atomic E-state index is 12.2. The highest BCUT2D eigenvalue weighted by Crippen LogP contribution is 2.28. The summed E-state index contributed by atoms with van der Waals surface area (Å²) in [5, 5.41) is 1.52. The monoisotopic (exact) mass is 262 g/mol. The van der Waals surface area contributed by atoms with Gasteiger partial charge in [0.2, 0.25) is 0 Å². The molecule has 2 rings (SSSR count). The lowest BCUT2D eigenvalue weighted by Gasteiger charge is -2.10. The van der Waals surface area contributed by atoms with Crippen molar-refractivity contribution in [1.82, 2.24) is 0 Å². The van der Waals surface area contributed by atoms with Gasteiger partial charge in [0.25, 0.3) is 10.1 Å². The Morgan fingerprint density at radius 1 is 1.22 bits per heavy atom. The Balaban J connectivity index is 2.85. The quantitative estimate of drug-likeness (QED) is 0.795. The molecule has 2 aromatic rings. The molecular weight excluding hydrogens is 248 g/mol. The molecule has 0 bridgehead atoms. The van der Waals surface area contributed by atoms with Gasteiger partial charge in [-0.25, -0.2) is 0 Å². The summed E-state index contributed by atoms with van der Waals surface area (Å²) < 4.78 is 29.2. The summed E-state index contributed by atoms with van der Waals surface area (Å²) in [5.41, 5.74) is 0.558. The average Bonchev–Trinajstić information content (AvgIpc) is 2.37. The smallest absolute Gasteiger partial charge is 0.267 e. The highest BCUT2D eigenvalue weighted by molar-refractivity contribution is 7.87. The first kappa shape index (κ1) is 12.8. The molecule has 0 aliphatic rings. The lowest BCUT2D eigenvalue weighted by atomic mass is 10.1. The van der Waals surface area contributed by atoms with Gasteiger partial charge in [-0.15, -0.1) is 0 Å². The summed E-state index contributed by atoms with van der Waals surface area (Å²) in [7, 11) is -3.75. The van der Waals surface area contributed by atoms with Gasteiger partial charge in [-0.1, -0.05) is 49.1 Å². The number of benzene rings is 2. The van der Waals surface area contributed by atoms with E-state index in [4.69, 9.17) is 4.18 Å². The van der Waals surface area contributed by atoms with Crippen LogP contribution >= 0.6 is 0 Å². The molecule has 0 spiro atoms. The molecule has 0 N–H and O–H groups in total. The van der Waals surface area contributed by atoms with Crippen LogP contribution in [0.25, 0.3) is 16.8 Å². The molecule has 0 heterocycles. The third-order valence-corrected chi connectivity index (χ3v) is 4.15. The first-order valence-corrected chi connectivity index (χ1v) is 7.04. The van der Waals surface area contributed by atoms with Crippen molar-refractivity contribution in [3.05, 3.63) is 48.5 Å². The standard InChI is InChI=1S/C14H14O3S/c1-3-11-9-10-12-7-5-6-8-13(12)14(11)18(15,16)17-4-2/h3,5-10H,1,4H2,2H3. The van der Waals surface area contributed by atoms with E-state index in [1.807, 2.05) is 18.2 Å². The molecule has 0 aliphatic carbocycles. The van der Waals surface area contributed by atoms with Gasteiger partial charge < -0.3 is 0 Å². The summed E-state index contributed by atoms with van der Waals surface area (Å²) in [6.07, 6.45) is 1.53. The molecule has 94 valence electrons. The minimum Gasteiger partial charge on any atom is -0.267 e. The second-order valence-corrected chi connectivity index (χ2v) is 5.32. The minimum atomic E-state index is -3.75. The van der Waals surface area contributed by atoms with Gasteiger partial charge in [0, 0.05) is 5.39 Å². The summed E-state index contributed by atoms with van der Waals surface area (Å²) in [6, 6.07) is 10.9. The fourth-order valence-electron chi connectivity index (χ4n) is 1.91. The Hall–Kier alpha value is -1.65. The van der Waals surface area contributed by atoms with Crippen molar-refractivity contribution in [1.29, 1.82) is 0 Å². The second kappa shape index (κ2) is 4.92. The SMILES string of the molecule is C=Cc1ccc2ccccc2c1S(=O)(=O)OCC. The first-order valence-electron chi connectivity index (χ1n) is 5.63. The lowest BCUT2D eigenvalue weighted by molar-refractivity contribution is 0.338. The number of fused-ring (bicyclic) bond motifs is 1. The molecule has 0 saturated carbocycles. The van der Waals surface area contributed by atoms with Gasteiger partial charge >= 0.3 is 0 Å². The van der Waals surface area contributed by atoms with Crippen molar-refractivity contribution in [3.63, 3.8) is 0 Å². The summed E-state index contributed by atoms with van der Waals surface area (Å²) >= 11 is 0. The van der Waals surface area contributed by atoms with Gasteiger partial charge in [-0.2, -0.15) is 8.42 Å². The largest absolute Gasteiger partial charge is 0.298 e. The average molecular weight is 262 g/mol. The first-order chi connectivity index (χ1) is 8.60. The van der Waals surface area contributed by atoms with Crippen LogP contribution < -0.4 is 0 Å². The van der Waals surface area contributed by atoms with Crippen molar-refractivity contribution in [2.24, 2.45) is 0 Å². The molecule has 0 atom stereocenters. The predicted molar refractivity (Wildman–Crippen MR) is 72.9 cm³/mol. The minimum absolute atomic E-state index is 0.113. The van der Waals surface area contributed by atoms with E-state index >= 15 is 0 Å². The molecule has 0 aliphatic heterocycles. The van der Waals surface area contributed by atoms with E-state index in [-0.39, 0.29) is 11.5 Å². The van der Waals surface area contributed by atoms with E-state index in [0.717, 1.165) is 5.39 Å². The molecule has 0 amide bonds. The molecule has 0 fully saturated rings. The van der Waals surface area contributed by atoms with E-state index in [2.05, 4.69) is 6.58 Å². The summed E-state index contributed by atoms with van der Waals surface area (Å²) in [5.74, 6) is 0. The van der Waals surface area contributed by atoms with Crippen LogP contribution in [-0.2, 0) is 14.3 Å². The summed E-state index contributed by atoms with van der Waals surface area (Å²) in [4.78, 5) is 0.192. The van der Waals surface area contributed by atoms with E-state index in [0.29, 0.717) is 10.9 Å². The highest BCUT2D eigenvalue weighted by Gasteiger charge is 2.20. The molecular formula is C14H14O3S. The van der Waals surface area contributed by atoms with Gasteiger partial charge in [-0.3, -0.25) is 4.18 Å². The Kier molecular flexibility index (Phi) is 3.50. The zero-order valence-electron chi connectivity index (χ0n) is 10.1. The van der Waals surface area contributed by atoms with E-state index in [1.54, 1.807) is 25.1 Å². The van der Waals surface area contributed by atoms with Crippen molar-refractivity contribution < 1.29 is 12.6 Å². The molecule has 0 unspecified atom stereocenters. The third-order valence-electron chi connectivity index (χ3n) is 2.65. The van der Waals surface area contributed by atoms with Crippen LogP contribution in [0.15, 0.2) is 47.9 Å². The maximum atomic E-state index is 12.2. The van der Waals surface area contributed by atoms with Crippen LogP contribution in [0.4, 0.5) is 0 Å². The second-order valence-electron chi connectivity index (χ2n) is 3.77. The van der Waals surface area contributed by atoms with E-state index in [9.17, 15) is 8.42 Å². The molecule has 2 aromatic carbocycles. The Labute approximate surface area is 107 Å². The van der Waals surface area contributed by atoms with Crippen LogP contribution in [-0.4, -0.2) is 15.0 Å². The molecule has 3 nitrogen and oxygen atoms in total. The fraction of sp³-hybridized carbons (Fsp3) is 0.143. The zero-order valence-corrected chi connectivity index (χ0v) is 10.9. The van der Waals surface area contributed by atoms with Crippen molar-refractivity contribution in [3.8, 4) is 0 Å². The van der Waals surface area contributed by atoms with Gasteiger partial charge in [0.15, 0.2) is 0 Å². The Morgan fingerprint density at radius 3 is 2.61 bits per heavy atom. The Bertz CT molecular complexity index is 687.